The highest BCUT2D eigenvalue weighted by atomic mass is 19.1. The fourth-order valence-corrected chi connectivity index (χ4v) is 1.58. The van der Waals surface area contributed by atoms with Crippen LogP contribution in [0.5, 0.6) is 0 Å². The largest absolute Gasteiger partial charge is 0.385 e. The van der Waals surface area contributed by atoms with Crippen LogP contribution < -0.4 is 0 Å². The molecule has 0 bridgehead atoms. The maximum absolute atomic E-state index is 13.5. The van der Waals surface area contributed by atoms with Crippen LogP contribution in [-0.4, -0.2) is 15.2 Å². The summed E-state index contributed by atoms with van der Waals surface area (Å²) in [6.45, 7) is 1.89. The zero-order valence-corrected chi connectivity index (χ0v) is 9.73. The molecule has 96 valence electrons. The van der Waals surface area contributed by atoms with Crippen LogP contribution in [0.1, 0.15) is 31.7 Å². The number of hydrogen-bond acceptors (Lipinski definition) is 4. The van der Waals surface area contributed by atoms with E-state index < -0.39 is 17.7 Å². The summed E-state index contributed by atoms with van der Waals surface area (Å²) in [4.78, 5) is 3.81. The van der Waals surface area contributed by atoms with Crippen LogP contribution in [0.3, 0.4) is 0 Å². The highest BCUT2D eigenvalue weighted by Crippen LogP contribution is 2.26. The molecule has 0 aliphatic heterocycles. The van der Waals surface area contributed by atoms with E-state index in [0.29, 0.717) is 6.42 Å². The molecule has 1 heterocycles. The molecule has 1 aromatic carbocycles. The maximum Gasteiger partial charge on any atom is 0.263 e. The minimum absolute atomic E-state index is 0.0366. The predicted octanol–water partition coefficient (Wildman–Crippen LogP) is 2.85. The van der Waals surface area contributed by atoms with Gasteiger partial charge in [0.15, 0.2) is 0 Å². The molecule has 18 heavy (non-hydrogen) atoms. The molecule has 1 aromatic heterocycles. The minimum atomic E-state index is -0.887. The van der Waals surface area contributed by atoms with Crippen molar-refractivity contribution in [3.63, 3.8) is 0 Å². The first-order valence-corrected chi connectivity index (χ1v) is 5.59. The number of benzene rings is 1. The molecule has 0 saturated carbocycles. The predicted molar refractivity (Wildman–Crippen MR) is 59.5 cm³/mol. The zero-order chi connectivity index (χ0) is 13.1. The van der Waals surface area contributed by atoms with Gasteiger partial charge in [0.1, 0.15) is 23.3 Å². The van der Waals surface area contributed by atoms with E-state index in [9.17, 15) is 13.9 Å². The summed E-state index contributed by atoms with van der Waals surface area (Å²) in [5.41, 5.74) is -0.375. The van der Waals surface area contributed by atoms with Crippen LogP contribution in [-0.2, 0) is 0 Å². The van der Waals surface area contributed by atoms with Crippen molar-refractivity contribution in [2.24, 2.45) is 0 Å². The van der Waals surface area contributed by atoms with Crippen LogP contribution in [0.25, 0.3) is 11.5 Å². The molecule has 0 fully saturated rings. The van der Waals surface area contributed by atoms with E-state index in [1.165, 1.54) is 6.07 Å². The van der Waals surface area contributed by atoms with E-state index in [4.69, 9.17) is 4.52 Å². The fraction of sp³-hybridized carbons (Fsp3) is 0.333. The molecular formula is C12H12F2N2O2. The van der Waals surface area contributed by atoms with Crippen molar-refractivity contribution in [2.75, 3.05) is 0 Å². The number of hydrogen-bond donors (Lipinski definition) is 1. The maximum atomic E-state index is 13.5. The Kier molecular flexibility index (Phi) is 3.66. The zero-order valence-electron chi connectivity index (χ0n) is 9.73. The van der Waals surface area contributed by atoms with E-state index in [0.717, 1.165) is 18.6 Å². The number of aromatic nitrogens is 2. The molecule has 2 rings (SSSR count). The van der Waals surface area contributed by atoms with Crippen molar-refractivity contribution >= 4 is 0 Å². The van der Waals surface area contributed by atoms with E-state index >= 15 is 0 Å². The van der Waals surface area contributed by atoms with Gasteiger partial charge >= 0.3 is 0 Å². The molecule has 2 aromatic rings. The van der Waals surface area contributed by atoms with E-state index in [1.807, 2.05) is 6.92 Å². The second kappa shape index (κ2) is 5.22. The van der Waals surface area contributed by atoms with Gasteiger partial charge in [0, 0.05) is 0 Å². The van der Waals surface area contributed by atoms with Gasteiger partial charge in [-0.25, -0.2) is 8.78 Å². The molecule has 1 unspecified atom stereocenters. The molecule has 0 aliphatic carbocycles. The van der Waals surface area contributed by atoms with Gasteiger partial charge in [-0.1, -0.05) is 24.6 Å². The lowest BCUT2D eigenvalue weighted by Crippen LogP contribution is -1.99. The Balaban J connectivity index is 2.35. The Morgan fingerprint density at radius 2 is 2.00 bits per heavy atom. The summed E-state index contributed by atoms with van der Waals surface area (Å²) in [5.74, 6) is -1.80. The molecule has 0 spiro atoms. The van der Waals surface area contributed by atoms with Crippen molar-refractivity contribution < 1.29 is 18.4 Å². The fourth-order valence-electron chi connectivity index (χ4n) is 1.58. The van der Waals surface area contributed by atoms with Gasteiger partial charge in [-0.2, -0.15) is 4.98 Å². The smallest absolute Gasteiger partial charge is 0.263 e. The molecule has 4 nitrogen and oxygen atoms in total. The number of aliphatic hydroxyl groups is 1. The second-order valence-corrected chi connectivity index (χ2v) is 3.86. The first kappa shape index (κ1) is 12.6. The van der Waals surface area contributed by atoms with E-state index in [2.05, 4.69) is 10.1 Å². The molecule has 1 atom stereocenters. The van der Waals surface area contributed by atoms with Crippen LogP contribution in [0.2, 0.25) is 0 Å². The normalized spacial score (nSPS) is 12.7. The van der Waals surface area contributed by atoms with Crippen molar-refractivity contribution in [1.82, 2.24) is 10.1 Å². The molecule has 6 heteroatoms. The molecular weight excluding hydrogens is 242 g/mol. The standard InChI is InChI=1S/C12H12F2N2O2/c1-2-4-9(17)11-15-12(18-16-11)10-7(13)5-3-6-8(10)14/h3,5-6,9,17H,2,4H2,1H3. The summed E-state index contributed by atoms with van der Waals surface area (Å²) in [7, 11) is 0. The Hall–Kier alpha value is -1.82. The van der Waals surface area contributed by atoms with Crippen LogP contribution in [0, 0.1) is 11.6 Å². The van der Waals surface area contributed by atoms with Gasteiger partial charge in [-0.05, 0) is 18.6 Å². The minimum Gasteiger partial charge on any atom is -0.385 e. The molecule has 0 amide bonds. The summed E-state index contributed by atoms with van der Waals surface area (Å²) < 4.78 is 31.7. The SMILES string of the molecule is CCCC(O)c1noc(-c2c(F)cccc2F)n1. The van der Waals surface area contributed by atoms with Crippen molar-refractivity contribution in [3.8, 4) is 11.5 Å². The number of aliphatic hydroxyl groups excluding tert-OH is 1. The van der Waals surface area contributed by atoms with Gasteiger partial charge in [0.2, 0.25) is 5.82 Å². The molecule has 0 saturated heterocycles. The Bertz CT molecular complexity index is 522. The lowest BCUT2D eigenvalue weighted by molar-refractivity contribution is 0.153. The first-order chi connectivity index (χ1) is 8.63. The average molecular weight is 254 g/mol. The quantitative estimate of drug-likeness (QED) is 0.911. The number of nitrogens with zero attached hydrogens (tertiary/aromatic N) is 2. The van der Waals surface area contributed by atoms with E-state index in [1.54, 1.807) is 0 Å². The van der Waals surface area contributed by atoms with Gasteiger partial charge in [-0.15, -0.1) is 0 Å². The number of rotatable bonds is 4. The van der Waals surface area contributed by atoms with Crippen molar-refractivity contribution in [1.29, 1.82) is 0 Å². The lowest BCUT2D eigenvalue weighted by Gasteiger charge is -2.01. The van der Waals surface area contributed by atoms with Gasteiger partial charge < -0.3 is 9.63 Å². The first-order valence-electron chi connectivity index (χ1n) is 5.59. The second-order valence-electron chi connectivity index (χ2n) is 3.86. The number of halogens is 2. The van der Waals surface area contributed by atoms with E-state index in [-0.39, 0.29) is 17.3 Å². The van der Waals surface area contributed by atoms with Crippen LogP contribution >= 0.6 is 0 Å². The van der Waals surface area contributed by atoms with Gasteiger partial charge in [-0.3, -0.25) is 0 Å². The van der Waals surface area contributed by atoms with Crippen molar-refractivity contribution in [2.45, 2.75) is 25.9 Å². The highest BCUT2D eigenvalue weighted by molar-refractivity contribution is 5.54. The highest BCUT2D eigenvalue weighted by Gasteiger charge is 2.20. The lowest BCUT2D eigenvalue weighted by atomic mass is 10.2. The molecule has 0 radical (unpaired) electrons. The Morgan fingerprint density at radius 1 is 1.33 bits per heavy atom. The summed E-state index contributed by atoms with van der Waals surface area (Å²) >= 11 is 0. The molecule has 1 N–H and O–H groups in total. The van der Waals surface area contributed by atoms with Gasteiger partial charge in [0.05, 0.1) is 0 Å². The monoisotopic (exact) mass is 254 g/mol. The third-order valence-corrected chi connectivity index (χ3v) is 2.48. The molecule has 0 aliphatic rings. The average Bonchev–Trinajstić information content (AvgIpc) is 2.78. The Morgan fingerprint density at radius 3 is 2.61 bits per heavy atom. The Labute approximate surface area is 102 Å². The summed E-state index contributed by atoms with van der Waals surface area (Å²) in [6.07, 6.45) is 0.306. The van der Waals surface area contributed by atoms with Crippen molar-refractivity contribution in [3.05, 3.63) is 35.7 Å². The van der Waals surface area contributed by atoms with Crippen LogP contribution in [0.15, 0.2) is 22.7 Å². The summed E-state index contributed by atoms with van der Waals surface area (Å²) in [6, 6.07) is 3.45. The summed E-state index contributed by atoms with van der Waals surface area (Å²) in [5, 5.41) is 13.2. The van der Waals surface area contributed by atoms with Gasteiger partial charge in [0.25, 0.3) is 5.89 Å². The topological polar surface area (TPSA) is 59.2 Å². The van der Waals surface area contributed by atoms with Crippen LogP contribution in [0.4, 0.5) is 8.78 Å². The third-order valence-electron chi connectivity index (χ3n) is 2.48. The third kappa shape index (κ3) is 2.38.